The van der Waals surface area contributed by atoms with E-state index >= 15 is 0 Å². The fraction of sp³-hybridized carbons (Fsp3) is 0.509. The van der Waals surface area contributed by atoms with Crippen molar-refractivity contribution in [2.75, 3.05) is 22.1 Å². The topological polar surface area (TPSA) is 159 Å². The maximum atomic E-state index is 13.9. The minimum absolute atomic E-state index is 0.00413. The number of alkyl halides is 6. The Hall–Kier alpha value is -4.78. The Morgan fingerprint density at radius 3 is 1.15 bits per heavy atom. The molecule has 0 bridgehead atoms. The molecule has 0 spiro atoms. The third kappa shape index (κ3) is 14.5. The van der Waals surface area contributed by atoms with E-state index in [1.165, 1.54) is 60.9 Å². The van der Waals surface area contributed by atoms with Gasteiger partial charge in [-0.2, -0.15) is 26.3 Å². The summed E-state index contributed by atoms with van der Waals surface area (Å²) in [5.74, 6) is 8.57. The third-order valence-electron chi connectivity index (χ3n) is 14.1. The minimum Gasteiger partial charge on any atom is -0.376 e. The van der Waals surface area contributed by atoms with Crippen LogP contribution in [0.5, 0.6) is 0 Å². The van der Waals surface area contributed by atoms with Gasteiger partial charge in [0.25, 0.3) is 0 Å². The molecule has 10 nitrogen and oxygen atoms in total. The Bertz CT molecular complexity index is 2660. The summed E-state index contributed by atoms with van der Waals surface area (Å²) in [5.41, 5.74) is -4.37. The fourth-order valence-corrected chi connectivity index (χ4v) is 13.3. The Kier molecular flexibility index (Phi) is 16.8. The average Bonchev–Trinajstić information content (AvgIpc) is 4.25. The number of anilines is 2. The van der Waals surface area contributed by atoms with E-state index in [1.807, 2.05) is 0 Å². The SMILES string of the molecule is C=S(=O)(CC1CC1)c1ccc(CC(=O)Nc2ccc(C(O)(CC3CCCC3)C(F)(F)F)cc2)cn1.C=S(=O)(CC1CC1)c1ccc(CC(=O)Nc2ccc(C(O)(CC3CCCCC3)C(F)(F)F)cc2)cn1. The molecule has 4 fully saturated rings. The van der Waals surface area contributed by atoms with Crippen LogP contribution in [0.25, 0.3) is 0 Å². The number of aromatic nitrogens is 2. The molecule has 4 aromatic rings. The number of halogens is 6. The van der Waals surface area contributed by atoms with Crippen molar-refractivity contribution in [3.63, 3.8) is 0 Å². The summed E-state index contributed by atoms with van der Waals surface area (Å²) >= 11 is 0. The molecule has 4 saturated carbocycles. The zero-order valence-corrected chi connectivity index (χ0v) is 41.4. The second kappa shape index (κ2) is 22.1. The number of rotatable bonds is 18. The summed E-state index contributed by atoms with van der Waals surface area (Å²) in [5, 5.41) is 27.6. The summed E-state index contributed by atoms with van der Waals surface area (Å²) in [4.78, 5) is 33.4. The monoisotopic (exact) mass is 1030 g/mol. The number of aliphatic hydroxyl groups is 2. The second-order valence-corrected chi connectivity index (χ2v) is 25.0. The van der Waals surface area contributed by atoms with E-state index < -0.39 is 42.6 Å². The van der Waals surface area contributed by atoms with E-state index in [2.05, 4.69) is 32.3 Å². The van der Waals surface area contributed by atoms with Gasteiger partial charge < -0.3 is 20.8 Å². The quantitative estimate of drug-likeness (QED) is 0.0566. The van der Waals surface area contributed by atoms with E-state index in [9.17, 15) is 54.6 Å². The van der Waals surface area contributed by atoms with Gasteiger partial charge in [0.1, 0.15) is 10.1 Å². The molecule has 0 aliphatic heterocycles. The summed E-state index contributed by atoms with van der Waals surface area (Å²) in [6.45, 7) is 0. The highest BCUT2D eigenvalue weighted by atomic mass is 32.2. The lowest BCUT2D eigenvalue weighted by Gasteiger charge is -2.35. The molecular weight excluding hydrogens is 967 g/mol. The van der Waals surface area contributed by atoms with Gasteiger partial charge in [0, 0.05) is 54.3 Å². The van der Waals surface area contributed by atoms with Crippen LogP contribution in [-0.2, 0) is 52.7 Å². The highest BCUT2D eigenvalue weighted by Crippen LogP contribution is 2.48. The molecule has 4 N–H and O–H groups in total. The van der Waals surface area contributed by atoms with Gasteiger partial charge >= 0.3 is 12.4 Å². The molecule has 0 radical (unpaired) electrons. The molecule has 71 heavy (non-hydrogen) atoms. The van der Waals surface area contributed by atoms with Crippen LogP contribution in [0.3, 0.4) is 0 Å². The standard InChI is InChI=1S/C27H33F3N2O3S.C26H31F3N2O3S/c1-36(35,18-20-7-8-20)25-14-9-21(17-31-25)15-24(33)32-23-12-10-22(11-13-23)26(34,27(28,29)30)16-19-5-3-2-4-6-19;1-35(34,17-19-6-7-19)24-13-8-20(16-30-24)14-23(32)31-22-11-9-21(10-12-22)25(33,26(27,28)29)15-18-4-2-3-5-18/h9-14,17,19-20,34H,1-8,15-16,18H2,(H,32,33);8-13,16,18-19,33H,1-7,14-15,17H2,(H,31,32). The summed E-state index contributed by atoms with van der Waals surface area (Å²) < 4.78 is 109. The van der Waals surface area contributed by atoms with E-state index in [4.69, 9.17) is 0 Å². The third-order valence-corrected chi connectivity index (χ3v) is 18.1. The molecule has 4 atom stereocenters. The molecule has 0 saturated heterocycles. The Morgan fingerprint density at radius 1 is 0.521 bits per heavy atom. The highest BCUT2D eigenvalue weighted by Gasteiger charge is 2.56. The lowest BCUT2D eigenvalue weighted by atomic mass is 9.77. The van der Waals surface area contributed by atoms with Gasteiger partial charge in [-0.25, -0.2) is 9.97 Å². The van der Waals surface area contributed by atoms with Crippen LogP contribution in [0, 0.1) is 23.7 Å². The smallest absolute Gasteiger partial charge is 0.376 e. The van der Waals surface area contributed by atoms with E-state index in [0.717, 1.165) is 57.8 Å². The van der Waals surface area contributed by atoms with Crippen molar-refractivity contribution in [2.24, 2.45) is 23.7 Å². The Balaban J connectivity index is 0.000000209. The number of nitrogens with zero attached hydrogens (tertiary/aromatic N) is 2. The molecule has 2 aromatic carbocycles. The van der Waals surface area contributed by atoms with Crippen LogP contribution < -0.4 is 10.6 Å². The molecule has 4 aliphatic carbocycles. The van der Waals surface area contributed by atoms with Crippen molar-refractivity contribution in [3.05, 3.63) is 107 Å². The zero-order valence-electron chi connectivity index (χ0n) is 39.7. The predicted molar refractivity (Wildman–Crippen MR) is 266 cm³/mol. The number of pyridine rings is 2. The molecule has 8 rings (SSSR count). The van der Waals surface area contributed by atoms with E-state index in [-0.39, 0.29) is 60.5 Å². The number of nitrogens with one attached hydrogen (secondary N) is 2. The van der Waals surface area contributed by atoms with Crippen molar-refractivity contribution < 1.29 is 54.6 Å². The largest absolute Gasteiger partial charge is 0.421 e. The lowest BCUT2D eigenvalue weighted by molar-refractivity contribution is -0.273. The molecule has 2 amide bonds. The van der Waals surface area contributed by atoms with Crippen molar-refractivity contribution in [1.29, 1.82) is 0 Å². The van der Waals surface area contributed by atoms with Crippen LogP contribution in [-0.4, -0.2) is 76.0 Å². The van der Waals surface area contributed by atoms with Gasteiger partial charge in [-0.05, 0) is 133 Å². The van der Waals surface area contributed by atoms with Gasteiger partial charge in [0.05, 0.1) is 12.8 Å². The molecule has 4 unspecified atom stereocenters. The molecular formula is C53H64F6N4O6S2. The number of amides is 2. The zero-order chi connectivity index (χ0) is 51.2. The fourth-order valence-electron chi connectivity index (χ4n) is 9.65. The average molecular weight is 1030 g/mol. The predicted octanol–water partition coefficient (Wildman–Crippen LogP) is 10.5. The van der Waals surface area contributed by atoms with E-state index in [1.54, 1.807) is 24.3 Å². The van der Waals surface area contributed by atoms with Crippen LogP contribution in [0.4, 0.5) is 37.7 Å². The molecule has 386 valence electrons. The van der Waals surface area contributed by atoms with Crippen molar-refractivity contribution in [2.45, 2.75) is 143 Å². The van der Waals surface area contributed by atoms with Crippen molar-refractivity contribution in [3.8, 4) is 0 Å². The number of carbonyl (C=O) groups excluding carboxylic acids is 2. The molecule has 18 heteroatoms. The number of benzene rings is 2. The Labute approximate surface area is 412 Å². The highest BCUT2D eigenvalue weighted by molar-refractivity contribution is 8.00. The first-order valence-corrected chi connectivity index (χ1v) is 28.2. The maximum Gasteiger partial charge on any atom is 0.421 e. The first-order valence-electron chi connectivity index (χ1n) is 24.4. The number of hydrogen-bond donors (Lipinski definition) is 4. The van der Waals surface area contributed by atoms with Crippen LogP contribution in [0.1, 0.15) is 119 Å². The van der Waals surface area contributed by atoms with Crippen LogP contribution in [0.2, 0.25) is 0 Å². The van der Waals surface area contributed by atoms with Gasteiger partial charge in [-0.1, -0.05) is 94.2 Å². The summed E-state index contributed by atoms with van der Waals surface area (Å²) in [6.07, 6.45) is 4.31. The first kappa shape index (κ1) is 54.0. The van der Waals surface area contributed by atoms with E-state index in [0.29, 0.717) is 81.6 Å². The molecule has 2 heterocycles. The van der Waals surface area contributed by atoms with Gasteiger partial charge in [-0.15, -0.1) is 0 Å². The minimum atomic E-state index is -4.80. The van der Waals surface area contributed by atoms with Crippen LogP contribution in [0.15, 0.2) is 95.2 Å². The number of carbonyl (C=O) groups is 2. The summed E-state index contributed by atoms with van der Waals surface area (Å²) in [7, 11) is -4.88. The van der Waals surface area contributed by atoms with Gasteiger partial charge in [0.2, 0.25) is 11.8 Å². The van der Waals surface area contributed by atoms with Crippen molar-refractivity contribution >= 4 is 54.0 Å². The normalized spacial score (nSPS) is 20.3. The first-order chi connectivity index (χ1) is 33.4. The Morgan fingerprint density at radius 2 is 0.859 bits per heavy atom. The number of hydrogen-bond acceptors (Lipinski definition) is 8. The summed E-state index contributed by atoms with van der Waals surface area (Å²) in [6, 6.07) is 17.1. The van der Waals surface area contributed by atoms with Gasteiger partial charge in [0.15, 0.2) is 11.2 Å². The second-order valence-electron chi connectivity index (χ2n) is 20.2. The van der Waals surface area contributed by atoms with Gasteiger partial charge in [-0.3, -0.25) is 18.0 Å². The maximum absolute atomic E-state index is 13.9. The van der Waals surface area contributed by atoms with Crippen molar-refractivity contribution in [1.82, 2.24) is 9.97 Å². The lowest BCUT2D eigenvalue weighted by Crippen LogP contribution is -2.44. The van der Waals surface area contributed by atoms with Crippen LogP contribution >= 0.6 is 0 Å². The molecule has 4 aliphatic rings. The molecule has 2 aromatic heterocycles.